The largest absolute Gasteiger partial charge is 0.394 e. The molecule has 8 rings (SSSR count). The Labute approximate surface area is 572 Å². The van der Waals surface area contributed by atoms with Crippen molar-refractivity contribution in [3.05, 3.63) is 0 Å². The Bertz CT molecular complexity index is 2640. The molecular weight excluding hydrogens is 1380 g/mol. The molecule has 0 radical (unpaired) electrons. The summed E-state index contributed by atoms with van der Waals surface area (Å²) in [5, 5.41) is 252. The van der Waals surface area contributed by atoms with Crippen LogP contribution in [0.4, 0.5) is 0 Å². The molecule has 45 nitrogen and oxygen atoms in total. The monoisotopic (exact) mass is 1480 g/mol. The van der Waals surface area contributed by atoms with Gasteiger partial charge in [0.25, 0.3) is 0 Å². The van der Waals surface area contributed by atoms with Gasteiger partial charge in [-0.25, -0.2) is 0 Å². The van der Waals surface area contributed by atoms with Crippen LogP contribution in [0.1, 0.15) is 27.7 Å². The first-order valence-electron chi connectivity index (χ1n) is 32.1. The molecule has 0 saturated carbocycles. The first-order chi connectivity index (χ1) is 47.8. The summed E-state index contributed by atoms with van der Waals surface area (Å²) in [4.78, 5) is 49.9. The van der Waals surface area contributed by atoms with Gasteiger partial charge in [0.2, 0.25) is 23.6 Å². The molecule has 0 bridgehead atoms. The van der Waals surface area contributed by atoms with Crippen LogP contribution in [0.5, 0.6) is 0 Å². The van der Waals surface area contributed by atoms with E-state index in [0.29, 0.717) is 0 Å². The van der Waals surface area contributed by atoms with Gasteiger partial charge in [-0.05, 0) is 0 Å². The molecule has 45 heteroatoms. The van der Waals surface area contributed by atoms with Crippen LogP contribution in [0.3, 0.4) is 0 Å². The maximum atomic E-state index is 12.9. The molecule has 8 fully saturated rings. The van der Waals surface area contributed by atoms with Crippen molar-refractivity contribution in [2.75, 3.05) is 52.9 Å². The summed E-state index contributed by atoms with van der Waals surface area (Å²) in [6.45, 7) is -4.40. The summed E-state index contributed by atoms with van der Waals surface area (Å²) < 4.78 is 88.0. The molecule has 0 aliphatic carbocycles. The molecule has 8 heterocycles. The smallest absolute Gasteiger partial charge is 0.217 e. The first-order valence-corrected chi connectivity index (χ1v) is 32.1. The van der Waals surface area contributed by atoms with Crippen molar-refractivity contribution in [2.45, 2.75) is 273 Å². The van der Waals surface area contributed by atoms with E-state index < -0.39 is 322 Å². The summed E-state index contributed by atoms with van der Waals surface area (Å²) in [5.74, 6) is -3.37. The molecule has 0 aromatic carbocycles. The number of aliphatic hydroxyl groups is 22. The minimum absolute atomic E-state index is 0.764. The number of hydrogen-bond acceptors (Lipinski definition) is 41. The summed E-state index contributed by atoms with van der Waals surface area (Å²) in [6.07, 6.45) is -72.4. The second-order valence-electron chi connectivity index (χ2n) is 25.4. The van der Waals surface area contributed by atoms with Crippen LogP contribution in [0.2, 0.25) is 0 Å². The summed E-state index contributed by atoms with van der Waals surface area (Å²) in [7, 11) is 0. The molecule has 101 heavy (non-hydrogen) atoms. The number of ether oxygens (including phenoxy) is 15. The van der Waals surface area contributed by atoms with E-state index in [1.165, 1.54) is 0 Å². The highest BCUT2D eigenvalue weighted by molar-refractivity contribution is 5.74. The third-order valence-electron chi connectivity index (χ3n) is 18.2. The van der Waals surface area contributed by atoms with Gasteiger partial charge in [-0.1, -0.05) is 0 Å². The minimum atomic E-state index is -2.46. The number of carbonyl (C=O) groups excluding carboxylic acids is 4. The van der Waals surface area contributed by atoms with Crippen LogP contribution in [-0.4, -0.2) is 434 Å². The van der Waals surface area contributed by atoms with Gasteiger partial charge in [0, 0.05) is 27.7 Å². The lowest BCUT2D eigenvalue weighted by molar-refractivity contribution is -0.392. The maximum Gasteiger partial charge on any atom is 0.217 e. The van der Waals surface area contributed by atoms with Gasteiger partial charge in [0.1, 0.15) is 195 Å². The van der Waals surface area contributed by atoms with Crippen LogP contribution >= 0.6 is 0 Å². The van der Waals surface area contributed by atoms with E-state index in [-0.39, 0.29) is 0 Å². The third kappa shape index (κ3) is 18.5. The highest BCUT2D eigenvalue weighted by atomic mass is 16.8. The predicted molar refractivity (Wildman–Crippen MR) is 311 cm³/mol. The molecule has 40 atom stereocenters. The number of amides is 4. The van der Waals surface area contributed by atoms with Gasteiger partial charge in [-0.15, -0.1) is 0 Å². The topological polar surface area (TPSA) is 700 Å². The molecule has 584 valence electrons. The van der Waals surface area contributed by atoms with Crippen molar-refractivity contribution >= 4 is 23.6 Å². The Morgan fingerprint density at radius 2 is 0.535 bits per heavy atom. The van der Waals surface area contributed by atoms with Crippen LogP contribution in [0, 0.1) is 0 Å². The quantitative estimate of drug-likeness (QED) is 0.0382. The normalized spacial score (nSPS) is 48.3. The highest BCUT2D eigenvalue weighted by Gasteiger charge is 2.60. The average molecular weight is 1480 g/mol. The van der Waals surface area contributed by atoms with E-state index in [1.807, 2.05) is 0 Å². The summed E-state index contributed by atoms with van der Waals surface area (Å²) in [6, 6.07) is -6.98. The minimum Gasteiger partial charge on any atom is -0.394 e. The lowest BCUT2D eigenvalue weighted by atomic mass is 9.93. The second kappa shape index (κ2) is 36.3. The van der Waals surface area contributed by atoms with Crippen molar-refractivity contribution in [1.82, 2.24) is 21.3 Å². The zero-order valence-corrected chi connectivity index (χ0v) is 54.3. The average Bonchev–Trinajstić information content (AvgIpc) is 0.800. The Morgan fingerprint density at radius 1 is 0.257 bits per heavy atom. The maximum absolute atomic E-state index is 12.9. The molecule has 8 aliphatic heterocycles. The fraction of sp³-hybridized carbons (Fsp3) is 0.929. The van der Waals surface area contributed by atoms with Crippen molar-refractivity contribution in [3.8, 4) is 0 Å². The molecule has 4 amide bonds. The summed E-state index contributed by atoms with van der Waals surface area (Å²) in [5.41, 5.74) is 0. The van der Waals surface area contributed by atoms with Crippen LogP contribution in [-0.2, 0) is 90.2 Å². The molecule has 8 saturated heterocycles. The van der Waals surface area contributed by atoms with Crippen LogP contribution in [0.15, 0.2) is 0 Å². The fourth-order valence-electron chi connectivity index (χ4n) is 13.0. The van der Waals surface area contributed by atoms with Gasteiger partial charge in [0.05, 0.1) is 52.9 Å². The van der Waals surface area contributed by atoms with Crippen molar-refractivity contribution in [1.29, 1.82) is 0 Å². The first kappa shape index (κ1) is 83.0. The van der Waals surface area contributed by atoms with Crippen molar-refractivity contribution in [3.63, 3.8) is 0 Å². The van der Waals surface area contributed by atoms with E-state index in [1.54, 1.807) is 0 Å². The van der Waals surface area contributed by atoms with Crippen molar-refractivity contribution in [2.24, 2.45) is 0 Å². The number of nitrogens with one attached hydrogen (secondary N) is 4. The van der Waals surface area contributed by atoms with Gasteiger partial charge in [-0.3, -0.25) is 19.2 Å². The van der Waals surface area contributed by atoms with Gasteiger partial charge < -0.3 is 205 Å². The van der Waals surface area contributed by atoms with Gasteiger partial charge in [0.15, 0.2) is 50.3 Å². The zero-order valence-electron chi connectivity index (χ0n) is 54.3. The molecule has 0 spiro atoms. The highest BCUT2D eigenvalue weighted by Crippen LogP contribution is 2.39. The molecule has 0 aromatic heterocycles. The van der Waals surface area contributed by atoms with Crippen LogP contribution < -0.4 is 21.3 Å². The molecule has 26 N–H and O–H groups in total. The van der Waals surface area contributed by atoms with Gasteiger partial charge in [-0.2, -0.15) is 0 Å². The Balaban J connectivity index is 1.10. The van der Waals surface area contributed by atoms with E-state index in [9.17, 15) is 132 Å². The predicted octanol–water partition coefficient (Wildman–Crippen LogP) is -17.9. The van der Waals surface area contributed by atoms with Gasteiger partial charge >= 0.3 is 0 Å². The second-order valence-corrected chi connectivity index (χ2v) is 25.4. The lowest BCUT2D eigenvalue weighted by Crippen LogP contribution is -2.70. The van der Waals surface area contributed by atoms with E-state index in [2.05, 4.69) is 21.3 Å². The van der Waals surface area contributed by atoms with Crippen LogP contribution in [0.25, 0.3) is 0 Å². The number of rotatable bonds is 26. The third-order valence-corrected chi connectivity index (χ3v) is 18.2. The molecular formula is C56H94N4O41. The fourth-order valence-corrected chi connectivity index (χ4v) is 13.0. The SMILES string of the molecule is CC(=O)N[C@@H]1[C@@H](O)[C@H](O[C@@H]2O[C@H](CO)[C@@H](O[C@H]3O[C@H](CO[C@@H]4O[C@H](CO)[C@@H](O)[C@H](O)[C@@H]4O[C@@H]4O[C@H](CO)[C@@H](O[C@@H]5O[C@H](CO)[C@H](O)[C@H](O)[C@H]5O)[C@H](O)[C@H]4NC(C)=O)[C@@H](O)[C@H](O[C@H]4O[C@H](CO)[C@@H](O[C@@H]5O[C@H](CO)[C@@H](O)[C@H](O)[C@H]5NC(C)=O)[C@H](O)[C@@H]4O)[C@@H]3O)[C@H](O)[C@H]2NC(C)=O)[C@@H](CO)O[C@H]1O. The molecule has 0 unspecified atom stereocenters. The Morgan fingerprint density at radius 3 is 0.970 bits per heavy atom. The Kier molecular flexibility index (Phi) is 29.9. The van der Waals surface area contributed by atoms with Crippen molar-refractivity contribution < 1.29 is 203 Å². The number of carbonyl (C=O) groups is 4. The summed E-state index contributed by atoms with van der Waals surface area (Å²) >= 11 is 0. The van der Waals surface area contributed by atoms with E-state index in [4.69, 9.17) is 71.1 Å². The Hall–Kier alpha value is -3.60. The zero-order chi connectivity index (χ0) is 74.5. The number of hydrogen-bond donors (Lipinski definition) is 26. The number of aliphatic hydroxyl groups excluding tert-OH is 22. The van der Waals surface area contributed by atoms with E-state index in [0.717, 1.165) is 27.7 Å². The molecule has 0 aromatic rings. The van der Waals surface area contributed by atoms with E-state index >= 15 is 0 Å². The standard InChI is InChI=1S/C56H94N4O41/c1-13(68)57-25-34(77)43(20(8-64)88-49(25)86)96-51-27(59-15(3)70)35(78)45(22(10-66)92-51)99-55-42(85)47(100-54-41(84)39(82)46(23(11-67)94-54)97-50-26(58-14(2)69)33(76)29(72)17(5-61)89-50)32(75)24(95-55)12-87-56-48(38(81)31(74)19(7-63)91-56)101-52-28(60-16(4)71)36(79)44(21(9-65)93-52)98-53-40(83)37(80)30(73)18(6-62)90-53/h17-56,61-67,72-86H,5-12H2,1-4H3,(H,57,68)(H,58,69)(H,59,70)(H,60,71)/t17-,18-,19-,20-,21-,22-,23-,24-,25-,26-,27-,28-,29-,30+,31-,32-,33-,34-,35-,36-,37+,38+,39-,40-,41+,42+,43-,44-,45-,46-,47+,48+,49-,50+,51+,52+,53+,54-,55-,56-/m1/s1. The molecule has 8 aliphatic rings. The lowest BCUT2D eigenvalue weighted by Gasteiger charge is -2.51.